The molecule has 2 aliphatic rings. The van der Waals surface area contributed by atoms with Crippen molar-refractivity contribution in [1.82, 2.24) is 19.7 Å². The fourth-order valence-electron chi connectivity index (χ4n) is 3.88. The van der Waals surface area contributed by atoms with Gasteiger partial charge < -0.3 is 9.32 Å². The fraction of sp³-hybridized carbons (Fsp3) is 0.778. The molecule has 7 heteroatoms. The Bertz CT molecular complexity index is 580. The Labute approximate surface area is 154 Å². The largest absolute Gasteiger partial charge is 0.435 e. The summed E-state index contributed by atoms with van der Waals surface area (Å²) in [6, 6.07) is 0.662. The third-order valence-electron chi connectivity index (χ3n) is 5.45. The first-order valence-electron chi connectivity index (χ1n) is 9.41. The SMILES string of the molecule is CCC(CC)N1CCN(C(=O)CN2CCc3nc(SC)oc3C2)CC1. The van der Waals surface area contributed by atoms with E-state index in [1.807, 2.05) is 11.2 Å². The minimum atomic E-state index is 0.247. The summed E-state index contributed by atoms with van der Waals surface area (Å²) in [5.41, 5.74) is 1.06. The topological polar surface area (TPSA) is 52.8 Å². The predicted molar refractivity (Wildman–Crippen MR) is 99.8 cm³/mol. The van der Waals surface area contributed by atoms with Crippen LogP contribution in [0.5, 0.6) is 0 Å². The van der Waals surface area contributed by atoms with Gasteiger partial charge in [-0.05, 0) is 19.1 Å². The molecule has 6 nitrogen and oxygen atoms in total. The lowest BCUT2D eigenvalue weighted by Crippen LogP contribution is -2.53. The number of thioether (sulfide) groups is 1. The van der Waals surface area contributed by atoms with E-state index in [1.54, 1.807) is 0 Å². The molecule has 0 aliphatic carbocycles. The number of oxazole rings is 1. The van der Waals surface area contributed by atoms with Crippen LogP contribution in [0.4, 0.5) is 0 Å². The number of amides is 1. The van der Waals surface area contributed by atoms with E-state index in [0.29, 0.717) is 19.1 Å². The number of aromatic nitrogens is 1. The second-order valence-electron chi connectivity index (χ2n) is 6.90. The smallest absolute Gasteiger partial charge is 0.255 e. The Kier molecular flexibility index (Phi) is 6.41. The second kappa shape index (κ2) is 8.56. The molecule has 3 rings (SSSR count). The van der Waals surface area contributed by atoms with Gasteiger partial charge in [0.25, 0.3) is 5.22 Å². The number of piperazine rings is 1. The van der Waals surface area contributed by atoms with Gasteiger partial charge >= 0.3 is 0 Å². The molecule has 0 spiro atoms. The van der Waals surface area contributed by atoms with Gasteiger partial charge in [-0.1, -0.05) is 25.6 Å². The summed E-state index contributed by atoms with van der Waals surface area (Å²) in [4.78, 5) is 23.9. The minimum Gasteiger partial charge on any atom is -0.435 e. The quantitative estimate of drug-likeness (QED) is 0.719. The highest BCUT2D eigenvalue weighted by molar-refractivity contribution is 7.98. The molecule has 0 N–H and O–H groups in total. The van der Waals surface area contributed by atoms with E-state index >= 15 is 0 Å². The molecule has 0 aromatic carbocycles. The van der Waals surface area contributed by atoms with Crippen molar-refractivity contribution in [2.45, 2.75) is 50.9 Å². The molecule has 1 amide bonds. The van der Waals surface area contributed by atoms with Gasteiger partial charge in [-0.3, -0.25) is 14.6 Å². The van der Waals surface area contributed by atoms with Gasteiger partial charge in [-0.25, -0.2) is 4.98 Å². The van der Waals surface area contributed by atoms with Crippen LogP contribution < -0.4 is 0 Å². The zero-order valence-corrected chi connectivity index (χ0v) is 16.5. The molecule has 0 saturated carbocycles. The summed E-state index contributed by atoms with van der Waals surface area (Å²) >= 11 is 1.53. The molecule has 25 heavy (non-hydrogen) atoms. The third-order valence-corrected chi connectivity index (χ3v) is 5.97. The first-order chi connectivity index (χ1) is 12.1. The van der Waals surface area contributed by atoms with E-state index in [4.69, 9.17) is 4.42 Å². The third kappa shape index (κ3) is 4.38. The Hall–Kier alpha value is -1.05. The van der Waals surface area contributed by atoms with Crippen LogP contribution in [-0.2, 0) is 17.8 Å². The van der Waals surface area contributed by atoms with Crippen LogP contribution in [-0.4, -0.2) is 77.2 Å². The van der Waals surface area contributed by atoms with Crippen molar-refractivity contribution in [3.8, 4) is 0 Å². The maximum Gasteiger partial charge on any atom is 0.255 e. The van der Waals surface area contributed by atoms with E-state index in [2.05, 4.69) is 28.6 Å². The highest BCUT2D eigenvalue weighted by Gasteiger charge is 2.28. The molecule has 140 valence electrons. The Balaban J connectivity index is 1.49. The van der Waals surface area contributed by atoms with E-state index < -0.39 is 0 Å². The number of nitrogens with zero attached hydrogens (tertiary/aromatic N) is 4. The van der Waals surface area contributed by atoms with Gasteiger partial charge in [0.1, 0.15) is 5.76 Å². The van der Waals surface area contributed by atoms with Crippen molar-refractivity contribution in [1.29, 1.82) is 0 Å². The maximum absolute atomic E-state index is 12.7. The van der Waals surface area contributed by atoms with Gasteiger partial charge in [0, 0.05) is 45.2 Å². The summed E-state index contributed by atoms with van der Waals surface area (Å²) in [5, 5.41) is 0.732. The molecule has 1 aromatic rings. The van der Waals surface area contributed by atoms with E-state index in [1.165, 1.54) is 24.6 Å². The molecule has 1 fully saturated rings. The monoisotopic (exact) mass is 366 g/mol. The lowest BCUT2D eigenvalue weighted by atomic mass is 10.1. The van der Waals surface area contributed by atoms with E-state index in [-0.39, 0.29) is 5.91 Å². The highest BCUT2D eigenvalue weighted by Crippen LogP contribution is 2.24. The molecular weight excluding hydrogens is 336 g/mol. The molecule has 0 bridgehead atoms. The van der Waals surface area contributed by atoms with Crippen molar-refractivity contribution in [2.24, 2.45) is 0 Å². The number of carbonyl (C=O) groups is 1. The normalized spacial score (nSPS) is 19.4. The first-order valence-corrected chi connectivity index (χ1v) is 10.6. The van der Waals surface area contributed by atoms with Crippen LogP contribution in [0.2, 0.25) is 0 Å². The van der Waals surface area contributed by atoms with Gasteiger partial charge in [0.2, 0.25) is 5.91 Å². The van der Waals surface area contributed by atoms with Gasteiger partial charge in [-0.2, -0.15) is 0 Å². The number of hydrogen-bond donors (Lipinski definition) is 0. The highest BCUT2D eigenvalue weighted by atomic mass is 32.2. The van der Waals surface area contributed by atoms with Crippen molar-refractivity contribution in [3.05, 3.63) is 11.5 Å². The molecule has 1 saturated heterocycles. The van der Waals surface area contributed by atoms with Crippen molar-refractivity contribution in [2.75, 3.05) is 45.5 Å². The number of carbonyl (C=O) groups excluding carboxylic acids is 1. The average molecular weight is 367 g/mol. The first kappa shape index (κ1) is 18.7. The molecule has 2 aliphatic heterocycles. The molecule has 0 unspecified atom stereocenters. The molecule has 1 aromatic heterocycles. The van der Waals surface area contributed by atoms with Crippen molar-refractivity contribution < 1.29 is 9.21 Å². The number of fused-ring (bicyclic) bond motifs is 1. The molecule has 3 heterocycles. The minimum absolute atomic E-state index is 0.247. The molecule has 0 atom stereocenters. The lowest BCUT2D eigenvalue weighted by Gasteiger charge is -2.39. The number of rotatable bonds is 6. The fourth-order valence-corrected chi connectivity index (χ4v) is 4.27. The van der Waals surface area contributed by atoms with Crippen LogP contribution in [0.15, 0.2) is 9.64 Å². The van der Waals surface area contributed by atoms with Crippen LogP contribution in [0, 0.1) is 0 Å². The van der Waals surface area contributed by atoms with Crippen molar-refractivity contribution >= 4 is 17.7 Å². The van der Waals surface area contributed by atoms with E-state index in [0.717, 1.165) is 55.8 Å². The van der Waals surface area contributed by atoms with Crippen LogP contribution in [0.25, 0.3) is 0 Å². The van der Waals surface area contributed by atoms with Crippen LogP contribution in [0.1, 0.15) is 38.1 Å². The molecule has 0 radical (unpaired) electrons. The zero-order valence-electron chi connectivity index (χ0n) is 15.7. The average Bonchev–Trinajstić information content (AvgIpc) is 3.06. The standard InChI is InChI=1S/C18H30N4O2S/c1-4-14(5-2)21-8-10-22(11-9-21)17(23)13-20-7-6-15-16(12-20)24-18(19-15)25-3/h14H,4-13H2,1-3H3. The Morgan fingerprint density at radius 1 is 1.20 bits per heavy atom. The lowest BCUT2D eigenvalue weighted by molar-refractivity contribution is -0.134. The molecular formula is C18H30N4O2S. The predicted octanol–water partition coefficient (Wildman–Crippen LogP) is 2.09. The Morgan fingerprint density at radius 2 is 1.92 bits per heavy atom. The van der Waals surface area contributed by atoms with Crippen molar-refractivity contribution in [3.63, 3.8) is 0 Å². The van der Waals surface area contributed by atoms with Crippen LogP contribution in [0.3, 0.4) is 0 Å². The maximum atomic E-state index is 12.7. The summed E-state index contributed by atoms with van der Waals surface area (Å²) in [7, 11) is 0. The summed E-state index contributed by atoms with van der Waals surface area (Å²) < 4.78 is 5.76. The van der Waals surface area contributed by atoms with Crippen LogP contribution >= 0.6 is 11.8 Å². The number of hydrogen-bond acceptors (Lipinski definition) is 6. The van der Waals surface area contributed by atoms with E-state index in [9.17, 15) is 4.79 Å². The second-order valence-corrected chi connectivity index (χ2v) is 7.66. The van der Waals surface area contributed by atoms with Gasteiger partial charge in [-0.15, -0.1) is 0 Å². The summed E-state index contributed by atoms with van der Waals surface area (Å²) in [6.45, 7) is 10.3. The van der Waals surface area contributed by atoms with Gasteiger partial charge in [0.05, 0.1) is 18.8 Å². The van der Waals surface area contributed by atoms with Gasteiger partial charge in [0.15, 0.2) is 0 Å². The summed E-state index contributed by atoms with van der Waals surface area (Å²) in [6.07, 6.45) is 5.22. The Morgan fingerprint density at radius 3 is 2.56 bits per heavy atom. The summed E-state index contributed by atoms with van der Waals surface area (Å²) in [5.74, 6) is 1.18. The zero-order chi connectivity index (χ0) is 17.8.